The van der Waals surface area contributed by atoms with Gasteiger partial charge in [-0.2, -0.15) is 0 Å². The number of rotatable bonds is 2. The molecule has 2 aliphatic rings. The van der Waals surface area contributed by atoms with Gasteiger partial charge in [0.1, 0.15) is 11.9 Å². The lowest BCUT2D eigenvalue weighted by molar-refractivity contribution is -0.121. The molecule has 2 rings (SSSR count). The maximum atomic E-state index is 11.0. The van der Waals surface area contributed by atoms with Crippen LogP contribution in [0.5, 0.6) is 0 Å². The summed E-state index contributed by atoms with van der Waals surface area (Å²) >= 11 is 0. The van der Waals surface area contributed by atoms with Crippen molar-refractivity contribution in [2.75, 3.05) is 26.2 Å². The maximum Gasteiger partial charge on any atom is 0.407 e. The van der Waals surface area contributed by atoms with Crippen molar-refractivity contribution in [3.8, 4) is 0 Å². The van der Waals surface area contributed by atoms with Crippen LogP contribution in [0, 0.1) is 0 Å². The zero-order chi connectivity index (χ0) is 9.97. The van der Waals surface area contributed by atoms with E-state index in [1.165, 1.54) is 0 Å². The van der Waals surface area contributed by atoms with Crippen LogP contribution in [0.4, 0.5) is 4.79 Å². The van der Waals surface area contributed by atoms with Gasteiger partial charge in [0.15, 0.2) is 0 Å². The van der Waals surface area contributed by atoms with E-state index in [0.717, 1.165) is 19.6 Å². The topological polar surface area (TPSA) is 58.6 Å². The minimum atomic E-state index is -0.330. The number of piperidine rings is 1. The highest BCUT2D eigenvalue weighted by atomic mass is 16.6. The molecule has 1 amide bonds. The number of ether oxygens (including phenoxy) is 1. The van der Waals surface area contributed by atoms with Gasteiger partial charge < -0.3 is 10.1 Å². The standard InChI is InChI=1S/C9H14N2O3/c12-7-1-3-11(4-2-7)6-8-5-10-9(13)14-8/h8H,1-6H2,(H,10,13). The molecule has 2 aliphatic heterocycles. The molecule has 0 radical (unpaired) electrons. The van der Waals surface area contributed by atoms with Crippen LogP contribution < -0.4 is 5.32 Å². The first-order chi connectivity index (χ1) is 6.74. The minimum absolute atomic E-state index is 0.0456. The molecule has 5 heteroatoms. The van der Waals surface area contributed by atoms with Crippen LogP contribution in [0.15, 0.2) is 0 Å². The van der Waals surface area contributed by atoms with Crippen LogP contribution in [0.25, 0.3) is 0 Å². The van der Waals surface area contributed by atoms with Gasteiger partial charge in [0.2, 0.25) is 0 Å². The SMILES string of the molecule is O=C1CCN(CC2CNC(=O)O2)CC1. The molecule has 0 aromatic carbocycles. The number of cyclic esters (lactones) is 1. The lowest BCUT2D eigenvalue weighted by Gasteiger charge is -2.27. The lowest BCUT2D eigenvalue weighted by Crippen LogP contribution is -2.40. The van der Waals surface area contributed by atoms with E-state index < -0.39 is 0 Å². The van der Waals surface area contributed by atoms with Crippen LogP contribution in [0.2, 0.25) is 0 Å². The third kappa shape index (κ3) is 2.23. The molecule has 2 fully saturated rings. The fourth-order valence-electron chi connectivity index (χ4n) is 1.81. The number of likely N-dealkylation sites (tertiary alicyclic amines) is 1. The molecule has 0 saturated carbocycles. The van der Waals surface area contributed by atoms with Crippen LogP contribution in [0.3, 0.4) is 0 Å². The Morgan fingerprint density at radius 1 is 1.36 bits per heavy atom. The predicted molar refractivity (Wildman–Crippen MR) is 49.0 cm³/mol. The van der Waals surface area contributed by atoms with Crippen molar-refractivity contribution in [3.63, 3.8) is 0 Å². The van der Waals surface area contributed by atoms with Gasteiger partial charge in [-0.1, -0.05) is 0 Å². The predicted octanol–water partition coefficient (Wildman–Crippen LogP) is -0.240. The van der Waals surface area contributed by atoms with E-state index in [1.54, 1.807) is 0 Å². The molecular formula is C9H14N2O3. The van der Waals surface area contributed by atoms with Crippen molar-refractivity contribution in [2.45, 2.75) is 18.9 Å². The number of Topliss-reactive ketones (excluding diaryl/α,β-unsaturated/α-hetero) is 1. The Hall–Kier alpha value is -1.10. The number of carbonyl (C=O) groups is 2. The van der Waals surface area contributed by atoms with Crippen LogP contribution >= 0.6 is 0 Å². The third-order valence-electron chi connectivity index (χ3n) is 2.62. The summed E-state index contributed by atoms with van der Waals surface area (Å²) in [6.07, 6.45) is 0.890. The van der Waals surface area contributed by atoms with Gasteiger partial charge in [-0.3, -0.25) is 9.69 Å². The van der Waals surface area contributed by atoms with E-state index in [1.807, 2.05) is 0 Å². The van der Waals surface area contributed by atoms with Crippen LogP contribution in [-0.2, 0) is 9.53 Å². The zero-order valence-electron chi connectivity index (χ0n) is 7.99. The molecule has 0 bridgehead atoms. The fourth-order valence-corrected chi connectivity index (χ4v) is 1.81. The summed E-state index contributed by atoms with van der Waals surface area (Å²) in [5.74, 6) is 0.336. The van der Waals surface area contributed by atoms with Gasteiger partial charge >= 0.3 is 6.09 Å². The van der Waals surface area contributed by atoms with E-state index in [-0.39, 0.29) is 12.2 Å². The molecule has 5 nitrogen and oxygen atoms in total. The zero-order valence-corrected chi connectivity index (χ0v) is 7.99. The Kier molecular flexibility index (Phi) is 2.67. The van der Waals surface area contributed by atoms with Gasteiger partial charge in [-0.15, -0.1) is 0 Å². The molecule has 1 unspecified atom stereocenters. The number of hydrogen-bond donors (Lipinski definition) is 1. The summed E-state index contributed by atoms with van der Waals surface area (Å²) in [5, 5.41) is 2.61. The summed E-state index contributed by atoms with van der Waals surface area (Å²) in [6, 6.07) is 0. The van der Waals surface area contributed by atoms with Crippen molar-refractivity contribution in [1.29, 1.82) is 0 Å². The van der Waals surface area contributed by atoms with Crippen molar-refractivity contribution < 1.29 is 14.3 Å². The largest absolute Gasteiger partial charge is 0.443 e. The second kappa shape index (κ2) is 3.96. The van der Waals surface area contributed by atoms with Gasteiger partial charge in [0, 0.05) is 32.5 Å². The molecule has 0 aliphatic carbocycles. The van der Waals surface area contributed by atoms with E-state index in [0.29, 0.717) is 25.2 Å². The molecule has 78 valence electrons. The van der Waals surface area contributed by atoms with Crippen molar-refractivity contribution in [1.82, 2.24) is 10.2 Å². The smallest absolute Gasteiger partial charge is 0.407 e. The van der Waals surface area contributed by atoms with Gasteiger partial charge in [-0.25, -0.2) is 4.79 Å². The summed E-state index contributed by atoms with van der Waals surface area (Å²) in [7, 11) is 0. The summed E-state index contributed by atoms with van der Waals surface area (Å²) in [4.78, 5) is 23.9. The molecule has 14 heavy (non-hydrogen) atoms. The number of hydrogen-bond acceptors (Lipinski definition) is 4. The molecule has 0 aromatic heterocycles. The van der Waals surface area contributed by atoms with E-state index in [9.17, 15) is 9.59 Å². The Balaban J connectivity index is 1.75. The van der Waals surface area contributed by atoms with E-state index in [4.69, 9.17) is 4.74 Å². The second-order valence-corrected chi connectivity index (χ2v) is 3.75. The summed E-state index contributed by atoms with van der Waals surface area (Å²) in [5.41, 5.74) is 0. The highest BCUT2D eigenvalue weighted by Crippen LogP contribution is 2.09. The number of nitrogens with one attached hydrogen (secondary N) is 1. The minimum Gasteiger partial charge on any atom is -0.443 e. The highest BCUT2D eigenvalue weighted by molar-refractivity contribution is 5.79. The summed E-state index contributed by atoms with van der Waals surface area (Å²) in [6.45, 7) is 2.93. The number of ketones is 1. The molecule has 0 spiro atoms. The van der Waals surface area contributed by atoms with Gasteiger partial charge in [0.25, 0.3) is 0 Å². The lowest BCUT2D eigenvalue weighted by atomic mass is 10.1. The number of amides is 1. The molecule has 1 atom stereocenters. The highest BCUT2D eigenvalue weighted by Gasteiger charge is 2.26. The summed E-state index contributed by atoms with van der Waals surface area (Å²) < 4.78 is 5.01. The first-order valence-corrected chi connectivity index (χ1v) is 4.92. The Morgan fingerprint density at radius 2 is 2.07 bits per heavy atom. The number of nitrogens with zero attached hydrogens (tertiary/aromatic N) is 1. The number of alkyl carbamates (subject to hydrolysis) is 1. The normalized spacial score (nSPS) is 28.7. The third-order valence-corrected chi connectivity index (χ3v) is 2.62. The Bertz CT molecular complexity index is 244. The quantitative estimate of drug-likeness (QED) is 0.665. The first kappa shape index (κ1) is 9.45. The van der Waals surface area contributed by atoms with Gasteiger partial charge in [-0.05, 0) is 0 Å². The molecule has 1 N–H and O–H groups in total. The molecule has 2 saturated heterocycles. The molecule has 2 heterocycles. The Labute approximate surface area is 82.4 Å². The van der Waals surface area contributed by atoms with Crippen LogP contribution in [-0.4, -0.2) is 49.1 Å². The van der Waals surface area contributed by atoms with Gasteiger partial charge in [0.05, 0.1) is 6.54 Å². The number of carbonyl (C=O) groups excluding carboxylic acids is 2. The average Bonchev–Trinajstić information content (AvgIpc) is 2.56. The monoisotopic (exact) mass is 198 g/mol. The van der Waals surface area contributed by atoms with Crippen molar-refractivity contribution in [3.05, 3.63) is 0 Å². The fraction of sp³-hybridized carbons (Fsp3) is 0.778. The maximum absolute atomic E-state index is 11.0. The van der Waals surface area contributed by atoms with Crippen molar-refractivity contribution >= 4 is 11.9 Å². The second-order valence-electron chi connectivity index (χ2n) is 3.75. The first-order valence-electron chi connectivity index (χ1n) is 4.92. The molecule has 0 aromatic rings. The van der Waals surface area contributed by atoms with E-state index >= 15 is 0 Å². The van der Waals surface area contributed by atoms with Crippen molar-refractivity contribution in [2.24, 2.45) is 0 Å². The Morgan fingerprint density at radius 3 is 2.64 bits per heavy atom. The average molecular weight is 198 g/mol. The molecular weight excluding hydrogens is 184 g/mol. The van der Waals surface area contributed by atoms with E-state index in [2.05, 4.69) is 10.2 Å². The van der Waals surface area contributed by atoms with Crippen LogP contribution in [0.1, 0.15) is 12.8 Å².